The van der Waals surface area contributed by atoms with Crippen molar-refractivity contribution in [3.05, 3.63) is 29.8 Å². The molecule has 2 saturated heterocycles. The first-order chi connectivity index (χ1) is 19.6. The van der Waals surface area contributed by atoms with Gasteiger partial charge in [0.1, 0.15) is 17.0 Å². The number of nitrogens with one attached hydrogen (secondary N) is 1. The van der Waals surface area contributed by atoms with Crippen molar-refractivity contribution in [3.8, 4) is 5.75 Å². The molecule has 2 N–H and O–H groups in total. The monoisotopic (exact) mass is 587 g/mol. The third-order valence-electron chi connectivity index (χ3n) is 7.58. The molecule has 0 bridgehead atoms. The van der Waals surface area contributed by atoms with Crippen molar-refractivity contribution in [1.82, 2.24) is 15.1 Å². The minimum absolute atomic E-state index is 0.0457. The Bertz CT molecular complexity index is 1080. The number of phenolic OH excluding ortho intramolecular Hbond substituents is 1. The van der Waals surface area contributed by atoms with Gasteiger partial charge in [-0.1, -0.05) is 12.1 Å². The fourth-order valence-corrected chi connectivity index (χ4v) is 5.43. The van der Waals surface area contributed by atoms with Gasteiger partial charge in [-0.05, 0) is 97.3 Å². The van der Waals surface area contributed by atoms with E-state index in [-0.39, 0.29) is 36.0 Å². The Hall–Kier alpha value is -3.30. The Labute approximate surface area is 250 Å². The number of carbonyl (C=O) groups is 4. The topological polar surface area (TPSA) is 125 Å². The molecule has 2 aliphatic rings. The number of piperidine rings is 2. The summed E-state index contributed by atoms with van der Waals surface area (Å²) in [6, 6.07) is 5.78. The summed E-state index contributed by atoms with van der Waals surface area (Å²) in [5.74, 6) is -0.502. The first kappa shape index (κ1) is 33.2. The number of amides is 3. The number of phenols is 1. The summed E-state index contributed by atoms with van der Waals surface area (Å²) in [7, 11) is 0. The highest BCUT2D eigenvalue weighted by atomic mass is 16.6. The number of carbonyl (C=O) groups excluding carboxylic acids is 4. The quantitative estimate of drug-likeness (QED) is 0.413. The zero-order valence-electron chi connectivity index (χ0n) is 26.1. The number of nitrogens with zero attached hydrogens (tertiary/aromatic N) is 2. The van der Waals surface area contributed by atoms with E-state index in [9.17, 15) is 24.3 Å². The summed E-state index contributed by atoms with van der Waals surface area (Å²) in [6.45, 7) is 13.2. The fraction of sp³-hybridized carbons (Fsp3) is 0.688. The lowest BCUT2D eigenvalue weighted by atomic mass is 9.91. The number of likely N-dealkylation sites (tertiary alicyclic amines) is 2. The van der Waals surface area contributed by atoms with Crippen LogP contribution in [0.1, 0.15) is 98.1 Å². The van der Waals surface area contributed by atoms with Crippen molar-refractivity contribution >= 4 is 23.9 Å². The Kier molecular flexibility index (Phi) is 11.3. The van der Waals surface area contributed by atoms with Gasteiger partial charge < -0.3 is 29.7 Å². The molecule has 2 unspecified atom stereocenters. The van der Waals surface area contributed by atoms with Gasteiger partial charge in [-0.2, -0.15) is 0 Å². The maximum absolute atomic E-state index is 13.4. The van der Waals surface area contributed by atoms with Gasteiger partial charge in [0, 0.05) is 32.6 Å². The van der Waals surface area contributed by atoms with E-state index in [0.29, 0.717) is 50.5 Å². The van der Waals surface area contributed by atoms with Gasteiger partial charge in [0.15, 0.2) is 0 Å². The standard InChI is InChI=1S/C32H49N3O7/c1-31(2,3)41-28(38)20-26(23-10-12-25(36)13-11-23)33-29(39)24-8-7-17-35(21-24)27(37)14-9-22-15-18-34(19-16-22)30(40)42-32(4,5)6/h10-13,22,24,26,36H,7-9,14-21H2,1-6H3,(H,33,39). The highest BCUT2D eigenvalue weighted by Crippen LogP contribution is 2.27. The van der Waals surface area contributed by atoms with E-state index >= 15 is 0 Å². The number of rotatable bonds is 8. The minimum atomic E-state index is -0.653. The molecule has 0 saturated carbocycles. The lowest BCUT2D eigenvalue weighted by molar-refractivity contribution is -0.155. The van der Waals surface area contributed by atoms with Crippen molar-refractivity contribution in [2.75, 3.05) is 26.2 Å². The highest BCUT2D eigenvalue weighted by molar-refractivity contribution is 5.82. The molecule has 2 atom stereocenters. The Morgan fingerprint density at radius 3 is 2.12 bits per heavy atom. The summed E-state index contributed by atoms with van der Waals surface area (Å²) in [4.78, 5) is 55.0. The fourth-order valence-electron chi connectivity index (χ4n) is 5.43. The lowest BCUT2D eigenvalue weighted by Crippen LogP contribution is -2.46. The molecule has 3 rings (SSSR count). The van der Waals surface area contributed by atoms with Crippen LogP contribution in [-0.2, 0) is 23.9 Å². The van der Waals surface area contributed by atoms with Crippen LogP contribution >= 0.6 is 0 Å². The maximum Gasteiger partial charge on any atom is 0.410 e. The zero-order valence-corrected chi connectivity index (χ0v) is 26.1. The van der Waals surface area contributed by atoms with Crippen molar-refractivity contribution in [1.29, 1.82) is 0 Å². The molecule has 2 fully saturated rings. The summed E-state index contributed by atoms with van der Waals surface area (Å²) in [6.07, 6.45) is 3.92. The number of aromatic hydroxyl groups is 1. The molecule has 0 radical (unpaired) electrons. The number of ether oxygens (including phenoxy) is 2. The van der Waals surface area contributed by atoms with Crippen LogP contribution in [0.15, 0.2) is 24.3 Å². The van der Waals surface area contributed by atoms with Crippen LogP contribution < -0.4 is 5.32 Å². The van der Waals surface area contributed by atoms with Crippen LogP contribution in [0.2, 0.25) is 0 Å². The normalized spacial score (nSPS) is 19.1. The van der Waals surface area contributed by atoms with E-state index in [0.717, 1.165) is 25.7 Å². The molecule has 2 aliphatic heterocycles. The summed E-state index contributed by atoms with van der Waals surface area (Å²) < 4.78 is 11.0. The molecule has 1 aromatic rings. The van der Waals surface area contributed by atoms with E-state index in [1.54, 1.807) is 42.7 Å². The smallest absolute Gasteiger partial charge is 0.410 e. The van der Waals surface area contributed by atoms with E-state index < -0.39 is 23.2 Å². The highest BCUT2D eigenvalue weighted by Gasteiger charge is 2.32. The van der Waals surface area contributed by atoms with Gasteiger partial charge in [0.2, 0.25) is 11.8 Å². The third kappa shape index (κ3) is 10.8. The number of esters is 1. The Balaban J connectivity index is 1.51. The maximum atomic E-state index is 13.4. The van der Waals surface area contributed by atoms with Gasteiger partial charge in [-0.15, -0.1) is 0 Å². The largest absolute Gasteiger partial charge is 0.508 e. The number of hydrogen-bond acceptors (Lipinski definition) is 7. The van der Waals surface area contributed by atoms with Crippen molar-refractivity contribution < 1.29 is 33.8 Å². The first-order valence-corrected chi connectivity index (χ1v) is 15.2. The van der Waals surface area contributed by atoms with Gasteiger partial charge in [-0.3, -0.25) is 14.4 Å². The number of hydrogen-bond donors (Lipinski definition) is 2. The predicted molar refractivity (Wildman–Crippen MR) is 159 cm³/mol. The van der Waals surface area contributed by atoms with Gasteiger partial charge in [-0.25, -0.2) is 4.79 Å². The van der Waals surface area contributed by atoms with Crippen LogP contribution in [0.4, 0.5) is 4.79 Å². The molecule has 2 heterocycles. The zero-order chi connectivity index (χ0) is 31.1. The van der Waals surface area contributed by atoms with Crippen LogP contribution in [0, 0.1) is 11.8 Å². The average molecular weight is 588 g/mol. The average Bonchev–Trinajstić information content (AvgIpc) is 2.90. The molecule has 10 nitrogen and oxygen atoms in total. The van der Waals surface area contributed by atoms with E-state index in [4.69, 9.17) is 9.47 Å². The van der Waals surface area contributed by atoms with Crippen molar-refractivity contribution in [2.24, 2.45) is 11.8 Å². The SMILES string of the molecule is CC(C)(C)OC(=O)CC(NC(=O)C1CCCN(C(=O)CCC2CCN(C(=O)OC(C)(C)C)CC2)C1)c1ccc(O)cc1. The molecule has 234 valence electrons. The molecule has 42 heavy (non-hydrogen) atoms. The van der Waals surface area contributed by atoms with Gasteiger partial charge in [0.05, 0.1) is 18.4 Å². The van der Waals surface area contributed by atoms with Crippen LogP contribution in [0.25, 0.3) is 0 Å². The second-order valence-corrected chi connectivity index (χ2v) is 13.6. The van der Waals surface area contributed by atoms with Crippen LogP contribution in [0.3, 0.4) is 0 Å². The molecule has 1 aromatic carbocycles. The summed E-state index contributed by atoms with van der Waals surface area (Å²) >= 11 is 0. The third-order valence-corrected chi connectivity index (χ3v) is 7.58. The molecule has 3 amide bonds. The molecule has 10 heteroatoms. The van der Waals surface area contributed by atoms with E-state index in [2.05, 4.69) is 5.32 Å². The lowest BCUT2D eigenvalue weighted by Gasteiger charge is -2.35. The van der Waals surface area contributed by atoms with E-state index in [1.807, 2.05) is 20.8 Å². The van der Waals surface area contributed by atoms with Gasteiger partial charge in [0.25, 0.3) is 0 Å². The molecular formula is C32H49N3O7. The molecule has 0 aliphatic carbocycles. The molecule has 0 spiro atoms. The molecular weight excluding hydrogens is 538 g/mol. The van der Waals surface area contributed by atoms with Crippen LogP contribution in [-0.4, -0.2) is 76.2 Å². The minimum Gasteiger partial charge on any atom is -0.508 e. The second kappa shape index (κ2) is 14.2. The Morgan fingerprint density at radius 2 is 1.52 bits per heavy atom. The molecule has 0 aromatic heterocycles. The summed E-state index contributed by atoms with van der Waals surface area (Å²) in [5.41, 5.74) is -0.484. The Morgan fingerprint density at radius 1 is 0.905 bits per heavy atom. The van der Waals surface area contributed by atoms with Crippen molar-refractivity contribution in [2.45, 2.75) is 104 Å². The summed E-state index contributed by atoms with van der Waals surface area (Å²) in [5, 5.41) is 12.7. The first-order valence-electron chi connectivity index (χ1n) is 15.2. The van der Waals surface area contributed by atoms with Crippen LogP contribution in [0.5, 0.6) is 5.75 Å². The predicted octanol–water partition coefficient (Wildman–Crippen LogP) is 4.95. The van der Waals surface area contributed by atoms with Gasteiger partial charge >= 0.3 is 12.1 Å². The number of benzene rings is 1. The van der Waals surface area contributed by atoms with Crippen molar-refractivity contribution in [3.63, 3.8) is 0 Å². The van der Waals surface area contributed by atoms with E-state index in [1.165, 1.54) is 12.1 Å². The second-order valence-electron chi connectivity index (χ2n) is 13.6.